The van der Waals surface area contributed by atoms with Gasteiger partial charge in [-0.2, -0.15) is 13.2 Å². The molecule has 0 aliphatic rings. The minimum absolute atomic E-state index is 0.106. The van der Waals surface area contributed by atoms with Crippen molar-refractivity contribution in [2.24, 2.45) is 0 Å². The van der Waals surface area contributed by atoms with Gasteiger partial charge in [0.2, 0.25) is 5.91 Å². The van der Waals surface area contributed by atoms with Crippen molar-refractivity contribution in [3.63, 3.8) is 0 Å². The first kappa shape index (κ1) is 25.8. The summed E-state index contributed by atoms with van der Waals surface area (Å²) < 4.78 is 48.9. The molecular weight excluding hydrogens is 463 g/mol. The summed E-state index contributed by atoms with van der Waals surface area (Å²) in [4.78, 5) is 29.0. The third-order valence-corrected chi connectivity index (χ3v) is 5.14. The second-order valence-corrected chi connectivity index (χ2v) is 7.73. The summed E-state index contributed by atoms with van der Waals surface area (Å²) in [5.41, 5.74) is 0.260. The topological polar surface area (TPSA) is 75.0 Å². The zero-order valence-corrected chi connectivity index (χ0v) is 19.1. The van der Waals surface area contributed by atoms with E-state index in [1.165, 1.54) is 18.3 Å². The number of halogens is 3. The van der Waals surface area contributed by atoms with E-state index in [1.54, 1.807) is 17.0 Å². The van der Waals surface area contributed by atoms with Crippen LogP contribution in [0.5, 0.6) is 0 Å². The molecule has 0 unspecified atom stereocenters. The fraction of sp³-hybridized carbons (Fsp3) is 0.280. The van der Waals surface area contributed by atoms with Crippen molar-refractivity contribution in [2.75, 3.05) is 32.1 Å². The third kappa shape index (κ3) is 7.89. The molecule has 1 N–H and O–H groups in total. The largest absolute Gasteiger partial charge is 0.467 e. The number of alkyl halides is 3. The van der Waals surface area contributed by atoms with Gasteiger partial charge in [-0.05, 0) is 42.0 Å². The Balaban J connectivity index is 1.72. The Hall–Kier alpha value is -3.79. The zero-order valence-electron chi connectivity index (χ0n) is 19.1. The van der Waals surface area contributed by atoms with Crippen molar-refractivity contribution in [3.8, 4) is 0 Å². The van der Waals surface area contributed by atoms with Crippen molar-refractivity contribution in [3.05, 3.63) is 89.9 Å². The highest BCUT2D eigenvalue weighted by Gasteiger charge is 2.30. The lowest BCUT2D eigenvalue weighted by molar-refractivity contribution is -0.137. The van der Waals surface area contributed by atoms with Crippen LogP contribution in [-0.4, -0.2) is 48.5 Å². The number of urea groups is 1. The minimum Gasteiger partial charge on any atom is -0.467 e. The lowest BCUT2D eigenvalue weighted by Gasteiger charge is -2.27. The maximum absolute atomic E-state index is 13.3. The van der Waals surface area contributed by atoms with Gasteiger partial charge in [0.25, 0.3) is 0 Å². The van der Waals surface area contributed by atoms with Crippen molar-refractivity contribution in [1.29, 1.82) is 0 Å². The molecule has 3 amide bonds. The number of hydrogen-bond donors (Lipinski definition) is 1. The maximum Gasteiger partial charge on any atom is 0.416 e. The van der Waals surface area contributed by atoms with Crippen LogP contribution in [0.3, 0.4) is 0 Å². The maximum atomic E-state index is 13.3. The number of methoxy groups -OCH3 is 1. The highest BCUT2D eigenvalue weighted by molar-refractivity contribution is 5.92. The number of furan rings is 1. The third-order valence-electron chi connectivity index (χ3n) is 5.14. The first-order valence-corrected chi connectivity index (χ1v) is 10.8. The van der Waals surface area contributed by atoms with Gasteiger partial charge in [0, 0.05) is 25.9 Å². The molecular formula is C25H26F3N3O4. The number of amides is 3. The summed E-state index contributed by atoms with van der Waals surface area (Å²) in [6.07, 6.45) is -2.96. The van der Waals surface area contributed by atoms with Gasteiger partial charge in [-0.1, -0.05) is 30.3 Å². The van der Waals surface area contributed by atoms with Crippen molar-refractivity contribution in [1.82, 2.24) is 9.80 Å². The molecule has 1 aromatic heterocycles. The summed E-state index contributed by atoms with van der Waals surface area (Å²) >= 11 is 0. The highest BCUT2D eigenvalue weighted by atomic mass is 19.4. The normalized spacial score (nSPS) is 11.2. The molecule has 35 heavy (non-hydrogen) atoms. The first-order chi connectivity index (χ1) is 16.8. The summed E-state index contributed by atoms with van der Waals surface area (Å²) in [6, 6.07) is 16.3. The number of ether oxygens (including phenoxy) is 1. The fourth-order valence-electron chi connectivity index (χ4n) is 3.29. The fourth-order valence-corrected chi connectivity index (χ4v) is 3.29. The van der Waals surface area contributed by atoms with Gasteiger partial charge in [0.1, 0.15) is 12.3 Å². The van der Waals surface area contributed by atoms with E-state index in [2.05, 4.69) is 5.32 Å². The van der Waals surface area contributed by atoms with E-state index in [1.807, 2.05) is 30.3 Å². The lowest BCUT2D eigenvalue weighted by Crippen LogP contribution is -2.45. The second kappa shape index (κ2) is 12.1. The molecule has 2 aromatic carbocycles. The van der Waals surface area contributed by atoms with Crippen molar-refractivity contribution < 1.29 is 31.9 Å². The number of benzene rings is 2. The standard InChI is InChI=1S/C25H26F3N3O4/c1-34-15-13-30(24(33)29-21-11-9-20(10-12-21)25(26,27)28)18-23(32)31(17-22-8-5-14-35-22)16-19-6-3-2-4-7-19/h2-12,14H,13,15-18H2,1H3,(H,29,33). The summed E-state index contributed by atoms with van der Waals surface area (Å²) in [6.45, 7) is 0.529. The summed E-state index contributed by atoms with van der Waals surface area (Å²) in [5.74, 6) is 0.260. The Labute approximate surface area is 201 Å². The van der Waals surface area contributed by atoms with Crippen LogP contribution in [0.4, 0.5) is 23.7 Å². The quantitative estimate of drug-likeness (QED) is 0.435. The predicted molar refractivity (Wildman–Crippen MR) is 123 cm³/mol. The van der Waals surface area contributed by atoms with Gasteiger partial charge < -0.3 is 24.3 Å². The van der Waals surface area contributed by atoms with Crippen LogP contribution in [0.25, 0.3) is 0 Å². The van der Waals surface area contributed by atoms with Gasteiger partial charge in [-0.15, -0.1) is 0 Å². The lowest BCUT2D eigenvalue weighted by atomic mass is 10.2. The zero-order chi connectivity index (χ0) is 25.3. The van der Waals surface area contributed by atoms with E-state index in [-0.39, 0.29) is 37.8 Å². The molecule has 3 aromatic rings. The molecule has 0 aliphatic carbocycles. The highest BCUT2D eigenvalue weighted by Crippen LogP contribution is 2.29. The van der Waals surface area contributed by atoms with E-state index in [4.69, 9.17) is 9.15 Å². The van der Waals surface area contributed by atoms with Crippen LogP contribution in [0.15, 0.2) is 77.4 Å². The van der Waals surface area contributed by atoms with Crippen molar-refractivity contribution >= 4 is 17.6 Å². The molecule has 7 nitrogen and oxygen atoms in total. The predicted octanol–water partition coefficient (Wildman–Crippen LogP) is 5.01. The Kier molecular flexibility index (Phi) is 8.91. The molecule has 186 valence electrons. The average Bonchev–Trinajstić information content (AvgIpc) is 3.35. The first-order valence-electron chi connectivity index (χ1n) is 10.8. The Morgan fingerprint density at radius 1 is 0.943 bits per heavy atom. The summed E-state index contributed by atoms with van der Waals surface area (Å²) in [7, 11) is 1.46. The average molecular weight is 489 g/mol. The molecule has 1 heterocycles. The van der Waals surface area contributed by atoms with E-state index >= 15 is 0 Å². The smallest absolute Gasteiger partial charge is 0.416 e. The molecule has 0 saturated carbocycles. The molecule has 0 fully saturated rings. The number of anilines is 1. The van der Waals surface area contributed by atoms with Crippen LogP contribution in [0.2, 0.25) is 0 Å². The van der Waals surface area contributed by atoms with E-state index < -0.39 is 17.8 Å². The van der Waals surface area contributed by atoms with E-state index in [0.717, 1.165) is 29.8 Å². The molecule has 0 saturated heterocycles. The Bertz CT molecular complexity index is 1070. The minimum atomic E-state index is -4.48. The number of nitrogens with zero attached hydrogens (tertiary/aromatic N) is 2. The molecule has 0 spiro atoms. The molecule has 0 bridgehead atoms. The van der Waals surface area contributed by atoms with E-state index in [0.29, 0.717) is 12.3 Å². The van der Waals surface area contributed by atoms with Crippen LogP contribution >= 0.6 is 0 Å². The molecule has 0 aliphatic heterocycles. The monoisotopic (exact) mass is 489 g/mol. The van der Waals surface area contributed by atoms with Gasteiger partial charge in [-0.25, -0.2) is 4.79 Å². The van der Waals surface area contributed by atoms with E-state index in [9.17, 15) is 22.8 Å². The van der Waals surface area contributed by atoms with Crippen LogP contribution in [0.1, 0.15) is 16.9 Å². The SMILES string of the molecule is COCCN(CC(=O)N(Cc1ccccc1)Cc1ccco1)C(=O)Nc1ccc(C(F)(F)F)cc1. The van der Waals surface area contributed by atoms with Crippen molar-refractivity contribution in [2.45, 2.75) is 19.3 Å². The number of nitrogens with one attached hydrogen (secondary N) is 1. The molecule has 3 rings (SSSR count). The van der Waals surface area contributed by atoms with Gasteiger partial charge in [0.05, 0.1) is 25.0 Å². The summed E-state index contributed by atoms with van der Waals surface area (Å²) in [5, 5.41) is 2.54. The van der Waals surface area contributed by atoms with Gasteiger partial charge >= 0.3 is 12.2 Å². The number of rotatable bonds is 10. The molecule has 0 atom stereocenters. The number of carbonyl (C=O) groups excluding carboxylic acids is 2. The molecule has 0 radical (unpaired) electrons. The van der Waals surface area contributed by atoms with Crippen LogP contribution in [-0.2, 0) is 28.8 Å². The molecule has 10 heteroatoms. The van der Waals surface area contributed by atoms with Crippen LogP contribution < -0.4 is 5.32 Å². The number of hydrogen-bond acceptors (Lipinski definition) is 4. The Morgan fingerprint density at radius 3 is 2.26 bits per heavy atom. The Morgan fingerprint density at radius 2 is 1.66 bits per heavy atom. The van der Waals surface area contributed by atoms with Gasteiger partial charge in [0.15, 0.2) is 0 Å². The number of carbonyl (C=O) groups is 2. The van der Waals surface area contributed by atoms with Gasteiger partial charge in [-0.3, -0.25) is 4.79 Å². The van der Waals surface area contributed by atoms with Crippen LogP contribution in [0, 0.1) is 0 Å². The second-order valence-electron chi connectivity index (χ2n) is 7.73.